The second-order valence-electron chi connectivity index (χ2n) is 5.79. The van der Waals surface area contributed by atoms with Gasteiger partial charge in [-0.15, -0.1) is 0 Å². The van der Waals surface area contributed by atoms with Gasteiger partial charge in [0.25, 0.3) is 0 Å². The van der Waals surface area contributed by atoms with Crippen LogP contribution in [0.25, 0.3) is 0 Å². The van der Waals surface area contributed by atoms with E-state index in [1.165, 1.54) is 0 Å². The maximum absolute atomic E-state index is 8.66. The number of furan rings is 1. The summed E-state index contributed by atoms with van der Waals surface area (Å²) < 4.78 is 10.7. The van der Waals surface area contributed by atoms with Crippen LogP contribution in [0.15, 0.2) is 65.3 Å². The summed E-state index contributed by atoms with van der Waals surface area (Å²) in [5, 5.41) is 12.0. The fourth-order valence-corrected chi connectivity index (χ4v) is 2.99. The monoisotopic (exact) mass is 334 g/mol. The molecule has 1 atom stereocenters. The number of amidine groups is 1. The summed E-state index contributed by atoms with van der Waals surface area (Å²) in [7, 11) is 1.64. The highest BCUT2D eigenvalue weighted by Gasteiger charge is 2.33. The summed E-state index contributed by atoms with van der Waals surface area (Å²) in [4.78, 5) is 1.92. The number of rotatable bonds is 3. The Labute approximate surface area is 145 Å². The Hall–Kier alpha value is -3.41. The molecule has 2 heterocycles. The van der Waals surface area contributed by atoms with Crippen molar-refractivity contribution >= 4 is 23.1 Å². The molecule has 25 heavy (non-hydrogen) atoms. The number of hydrogen-bond donors (Lipinski definition) is 3. The number of ether oxygens (including phenoxy) is 1. The Balaban J connectivity index is 1.80. The minimum Gasteiger partial charge on any atom is -0.497 e. The largest absolute Gasteiger partial charge is 0.497 e. The Bertz CT molecular complexity index is 900. The van der Waals surface area contributed by atoms with E-state index in [1.807, 2.05) is 53.4 Å². The quantitative estimate of drug-likeness (QED) is 0.634. The molecule has 1 aliphatic rings. The summed E-state index contributed by atoms with van der Waals surface area (Å²) >= 11 is 0. The van der Waals surface area contributed by atoms with E-state index < -0.39 is 0 Å². The smallest absolute Gasteiger partial charge is 0.205 e. The van der Waals surface area contributed by atoms with Crippen LogP contribution >= 0.6 is 0 Å². The molecule has 6 nitrogen and oxygen atoms in total. The number of nitrogens with one attached hydrogen (secondary N) is 2. The van der Waals surface area contributed by atoms with Crippen molar-refractivity contribution in [2.45, 2.75) is 6.17 Å². The Morgan fingerprint density at radius 1 is 1.08 bits per heavy atom. The highest BCUT2D eigenvalue weighted by molar-refractivity contribution is 6.13. The summed E-state index contributed by atoms with van der Waals surface area (Å²) in [6.07, 6.45) is 1.31. The summed E-state index contributed by atoms with van der Waals surface area (Å²) in [5.41, 5.74) is 9.09. The molecule has 1 aromatic heterocycles. The van der Waals surface area contributed by atoms with Gasteiger partial charge in [-0.2, -0.15) is 0 Å². The van der Waals surface area contributed by atoms with E-state index in [9.17, 15) is 0 Å². The lowest BCUT2D eigenvalue weighted by atomic mass is 10.1. The van der Waals surface area contributed by atoms with Crippen LogP contribution in [-0.4, -0.2) is 12.9 Å². The van der Waals surface area contributed by atoms with Crippen molar-refractivity contribution in [2.75, 3.05) is 23.1 Å². The molecule has 0 bridgehead atoms. The molecule has 0 spiro atoms. The van der Waals surface area contributed by atoms with Crippen LogP contribution in [0.2, 0.25) is 0 Å². The minimum atomic E-state index is -0.277. The number of anilines is 3. The van der Waals surface area contributed by atoms with E-state index in [0.717, 1.165) is 22.6 Å². The average molecular weight is 334 g/mol. The number of methoxy groups -OCH3 is 1. The molecule has 4 rings (SSSR count). The van der Waals surface area contributed by atoms with Crippen molar-refractivity contribution in [3.63, 3.8) is 0 Å². The molecule has 0 fully saturated rings. The summed E-state index contributed by atoms with van der Waals surface area (Å²) in [6, 6.07) is 17.0. The van der Waals surface area contributed by atoms with Gasteiger partial charge in [0.2, 0.25) is 5.88 Å². The summed E-state index contributed by atoms with van der Waals surface area (Å²) in [6.45, 7) is 0. The highest BCUT2D eigenvalue weighted by atomic mass is 16.5. The third-order valence-electron chi connectivity index (χ3n) is 4.29. The first-order chi connectivity index (χ1) is 12.2. The van der Waals surface area contributed by atoms with Crippen molar-refractivity contribution in [3.05, 3.63) is 72.0 Å². The fourth-order valence-electron chi connectivity index (χ4n) is 2.99. The van der Waals surface area contributed by atoms with Crippen LogP contribution in [-0.2, 0) is 0 Å². The molecule has 0 amide bonds. The maximum atomic E-state index is 8.66. The van der Waals surface area contributed by atoms with E-state index in [1.54, 1.807) is 19.4 Å². The molecule has 2 aromatic carbocycles. The van der Waals surface area contributed by atoms with E-state index >= 15 is 0 Å². The Kier molecular flexibility index (Phi) is 3.57. The minimum absolute atomic E-state index is 0.277. The lowest BCUT2D eigenvalue weighted by Gasteiger charge is -2.38. The standard InChI is InChI=1S/C19H18N4O2/c1-24-15-8-2-12(3-9-15)18-22-19-16(10-11-25-19)17(21)23(18)14-6-4-13(20)5-7-14/h2-11,18,21-22H,20H2,1H3. The molecule has 0 radical (unpaired) electrons. The van der Waals surface area contributed by atoms with E-state index in [0.29, 0.717) is 17.4 Å². The number of hydrogen-bond acceptors (Lipinski definition) is 5. The van der Waals surface area contributed by atoms with Gasteiger partial charge in [0.05, 0.1) is 18.9 Å². The number of nitrogens with two attached hydrogens (primary N) is 1. The SMILES string of the molecule is COc1ccc(C2Nc3occc3C(=N)N2c2ccc(N)cc2)cc1. The van der Waals surface area contributed by atoms with Crippen LogP contribution in [0.1, 0.15) is 17.3 Å². The fraction of sp³-hybridized carbons (Fsp3) is 0.105. The molecule has 4 N–H and O–H groups in total. The van der Waals surface area contributed by atoms with Gasteiger partial charge >= 0.3 is 0 Å². The molecule has 6 heteroatoms. The topological polar surface area (TPSA) is 87.5 Å². The normalized spacial score (nSPS) is 16.3. The maximum Gasteiger partial charge on any atom is 0.205 e. The molecule has 126 valence electrons. The second kappa shape index (κ2) is 5.90. The third-order valence-corrected chi connectivity index (χ3v) is 4.29. The summed E-state index contributed by atoms with van der Waals surface area (Å²) in [5.74, 6) is 1.75. The van der Waals surface area contributed by atoms with Gasteiger partial charge in [-0.1, -0.05) is 12.1 Å². The van der Waals surface area contributed by atoms with Crippen LogP contribution in [0, 0.1) is 5.41 Å². The van der Waals surface area contributed by atoms with Gasteiger partial charge < -0.3 is 25.1 Å². The van der Waals surface area contributed by atoms with E-state index in [4.69, 9.17) is 20.3 Å². The van der Waals surface area contributed by atoms with E-state index in [2.05, 4.69) is 5.32 Å². The first-order valence-electron chi connectivity index (χ1n) is 7.89. The predicted molar refractivity (Wildman–Crippen MR) is 98.2 cm³/mol. The van der Waals surface area contributed by atoms with E-state index in [-0.39, 0.29) is 6.17 Å². The zero-order valence-electron chi connectivity index (χ0n) is 13.7. The first-order valence-corrected chi connectivity index (χ1v) is 7.89. The van der Waals surface area contributed by atoms with Crippen molar-refractivity contribution in [1.82, 2.24) is 0 Å². The lowest BCUT2D eigenvalue weighted by Crippen LogP contribution is -2.42. The number of benzene rings is 2. The molecule has 1 aliphatic heterocycles. The molecular weight excluding hydrogens is 316 g/mol. The van der Waals surface area contributed by atoms with Crippen LogP contribution in [0.3, 0.4) is 0 Å². The van der Waals surface area contributed by atoms with Crippen molar-refractivity contribution in [3.8, 4) is 5.75 Å². The first kappa shape index (κ1) is 15.1. The Morgan fingerprint density at radius 3 is 2.48 bits per heavy atom. The van der Waals surface area contributed by atoms with Crippen LogP contribution < -0.4 is 20.7 Å². The van der Waals surface area contributed by atoms with Crippen molar-refractivity contribution in [2.24, 2.45) is 0 Å². The van der Waals surface area contributed by atoms with Gasteiger partial charge in [0.1, 0.15) is 17.8 Å². The number of nitrogens with zero attached hydrogens (tertiary/aromatic N) is 1. The molecule has 0 aliphatic carbocycles. The lowest BCUT2D eigenvalue weighted by molar-refractivity contribution is 0.414. The van der Waals surface area contributed by atoms with Gasteiger partial charge in [0.15, 0.2) is 0 Å². The average Bonchev–Trinajstić information content (AvgIpc) is 3.12. The van der Waals surface area contributed by atoms with Crippen molar-refractivity contribution in [1.29, 1.82) is 5.41 Å². The number of nitrogen functional groups attached to an aromatic ring is 1. The second-order valence-corrected chi connectivity index (χ2v) is 5.79. The van der Waals surface area contributed by atoms with Gasteiger partial charge in [-0.05, 0) is 48.0 Å². The molecule has 0 saturated carbocycles. The zero-order valence-corrected chi connectivity index (χ0v) is 13.7. The Morgan fingerprint density at radius 2 is 1.80 bits per heavy atom. The van der Waals surface area contributed by atoms with Gasteiger partial charge in [0, 0.05) is 11.4 Å². The van der Waals surface area contributed by atoms with Crippen LogP contribution in [0.4, 0.5) is 17.3 Å². The molecule has 0 saturated heterocycles. The predicted octanol–water partition coefficient (Wildman–Crippen LogP) is 3.83. The van der Waals surface area contributed by atoms with Crippen LogP contribution in [0.5, 0.6) is 5.75 Å². The van der Waals surface area contributed by atoms with Gasteiger partial charge in [-0.3, -0.25) is 5.41 Å². The van der Waals surface area contributed by atoms with Crippen molar-refractivity contribution < 1.29 is 9.15 Å². The molecular formula is C19H18N4O2. The number of fused-ring (bicyclic) bond motifs is 1. The molecule has 3 aromatic rings. The molecule has 1 unspecified atom stereocenters. The third kappa shape index (κ3) is 2.57. The highest BCUT2D eigenvalue weighted by Crippen LogP contribution is 2.37. The van der Waals surface area contributed by atoms with Gasteiger partial charge in [-0.25, -0.2) is 0 Å². The zero-order chi connectivity index (χ0) is 17.4.